The largest absolute Gasteiger partial charge is 0.511 e. The lowest BCUT2D eigenvalue weighted by molar-refractivity contribution is -0.168. The first-order valence-electron chi connectivity index (χ1n) is 10.1. The molecule has 16 nitrogen and oxygen atoms in total. The summed E-state index contributed by atoms with van der Waals surface area (Å²) in [6, 6.07) is -0.947. The smallest absolute Gasteiger partial charge is 0.434 e. The van der Waals surface area contributed by atoms with Gasteiger partial charge in [-0.2, -0.15) is 0 Å². The van der Waals surface area contributed by atoms with Gasteiger partial charge in [0.05, 0.1) is 6.54 Å². The van der Waals surface area contributed by atoms with E-state index in [9.17, 15) is 19.2 Å². The molecule has 18 heteroatoms. The fraction of sp³-hybridized carbons (Fsp3) is 0.444. The maximum absolute atomic E-state index is 12.8. The molecule has 1 aromatic heterocycles. The minimum atomic E-state index is -1.33. The Hall–Kier alpha value is -4.02. The summed E-state index contributed by atoms with van der Waals surface area (Å²) >= 11 is 2.42. The Bertz CT molecular complexity index is 1150. The number of hydrogen-bond donors (Lipinski definition) is 2. The van der Waals surface area contributed by atoms with Gasteiger partial charge in [0.15, 0.2) is 10.8 Å². The molecule has 3 heterocycles. The van der Waals surface area contributed by atoms with Crippen LogP contribution in [0.2, 0.25) is 0 Å². The SMILES string of the molecule is CON=C(C(=O)NC1C(=O)N2C(C(=O)OC(C)OC(=O)OCCN=[N+]=[N-])=CCS[C@H]12)c1csc(N)n1. The van der Waals surface area contributed by atoms with Crippen LogP contribution in [0.4, 0.5) is 9.93 Å². The van der Waals surface area contributed by atoms with Crippen molar-refractivity contribution in [2.45, 2.75) is 24.6 Å². The molecular formula is C18H20N8O8S2. The van der Waals surface area contributed by atoms with Gasteiger partial charge < -0.3 is 30.1 Å². The molecule has 3 N–H and O–H groups in total. The zero-order valence-corrected chi connectivity index (χ0v) is 20.5. The monoisotopic (exact) mass is 540 g/mol. The number of azide groups is 1. The van der Waals surface area contributed by atoms with Gasteiger partial charge >= 0.3 is 12.1 Å². The minimum absolute atomic E-state index is 0.0560. The average molecular weight is 541 g/mol. The maximum atomic E-state index is 12.8. The molecule has 0 aliphatic carbocycles. The molecule has 2 aliphatic rings. The van der Waals surface area contributed by atoms with Gasteiger partial charge in [0.25, 0.3) is 11.8 Å². The molecule has 3 atom stereocenters. The third-order valence-corrected chi connectivity index (χ3v) is 6.37. The summed E-state index contributed by atoms with van der Waals surface area (Å²) < 4.78 is 14.5. The molecule has 0 bridgehead atoms. The number of nitrogens with one attached hydrogen (secondary N) is 1. The highest BCUT2D eigenvalue weighted by molar-refractivity contribution is 8.00. The number of nitrogens with two attached hydrogens (primary N) is 1. The van der Waals surface area contributed by atoms with Crippen molar-refractivity contribution in [3.05, 3.63) is 33.3 Å². The van der Waals surface area contributed by atoms with Crippen molar-refractivity contribution in [2.75, 3.05) is 31.7 Å². The summed E-state index contributed by atoms with van der Waals surface area (Å²) in [5.41, 5.74) is 13.8. The number of carbonyl (C=O) groups excluding carboxylic acids is 4. The predicted octanol–water partition coefficient (Wildman–Crippen LogP) is 0.712. The number of carbonyl (C=O) groups is 4. The third-order valence-electron chi connectivity index (χ3n) is 4.51. The van der Waals surface area contributed by atoms with Crippen LogP contribution in [-0.4, -0.2) is 83.3 Å². The number of thiazole rings is 1. The minimum Gasteiger partial charge on any atom is -0.434 e. The summed E-state index contributed by atoms with van der Waals surface area (Å²) in [7, 11) is 1.26. The van der Waals surface area contributed by atoms with Gasteiger partial charge in [-0.25, -0.2) is 14.6 Å². The Morgan fingerprint density at radius 2 is 2.19 bits per heavy atom. The second-order valence-corrected chi connectivity index (χ2v) is 8.85. The third kappa shape index (κ3) is 6.15. The first kappa shape index (κ1) is 26.6. The number of esters is 1. The molecule has 0 aromatic carbocycles. The number of rotatable bonds is 10. The molecule has 36 heavy (non-hydrogen) atoms. The average Bonchev–Trinajstić information content (AvgIpc) is 3.28. The van der Waals surface area contributed by atoms with E-state index in [4.69, 9.17) is 25.6 Å². The number of β-lactam (4-membered cyclic amide) rings is 1. The van der Waals surface area contributed by atoms with Crippen LogP contribution in [0.1, 0.15) is 12.6 Å². The highest BCUT2D eigenvalue weighted by atomic mass is 32.2. The quantitative estimate of drug-likeness (QED) is 0.0484. The Labute approximate surface area is 211 Å². The molecular weight excluding hydrogens is 520 g/mol. The lowest BCUT2D eigenvalue weighted by Gasteiger charge is -2.48. The molecule has 3 rings (SSSR count). The van der Waals surface area contributed by atoms with Gasteiger partial charge in [-0.05, 0) is 11.6 Å². The maximum Gasteiger partial charge on any atom is 0.511 e. The Morgan fingerprint density at radius 1 is 1.42 bits per heavy atom. The molecule has 192 valence electrons. The van der Waals surface area contributed by atoms with E-state index in [1.165, 1.54) is 42.2 Å². The van der Waals surface area contributed by atoms with Crippen molar-refractivity contribution in [1.29, 1.82) is 0 Å². The highest BCUT2D eigenvalue weighted by Crippen LogP contribution is 2.38. The number of oxime groups is 1. The van der Waals surface area contributed by atoms with Crippen LogP contribution in [0.5, 0.6) is 0 Å². The summed E-state index contributed by atoms with van der Waals surface area (Å²) in [6.45, 7) is 0.984. The number of thioether (sulfide) groups is 1. The van der Waals surface area contributed by atoms with Gasteiger partial charge in [0, 0.05) is 23.0 Å². The molecule has 2 unspecified atom stereocenters. The molecule has 2 aliphatic heterocycles. The number of aromatic nitrogens is 1. The van der Waals surface area contributed by atoms with Gasteiger partial charge in [-0.1, -0.05) is 10.3 Å². The van der Waals surface area contributed by atoms with E-state index in [0.29, 0.717) is 5.75 Å². The van der Waals surface area contributed by atoms with Crippen molar-refractivity contribution >= 4 is 57.9 Å². The van der Waals surface area contributed by atoms with E-state index >= 15 is 0 Å². The fourth-order valence-electron chi connectivity index (χ4n) is 3.05. The fourth-order valence-corrected chi connectivity index (χ4v) is 4.79. The molecule has 0 spiro atoms. The predicted molar refractivity (Wildman–Crippen MR) is 125 cm³/mol. The van der Waals surface area contributed by atoms with Crippen LogP contribution in [0, 0.1) is 0 Å². The second-order valence-electron chi connectivity index (χ2n) is 6.81. The van der Waals surface area contributed by atoms with Crippen LogP contribution < -0.4 is 11.1 Å². The molecule has 0 saturated carbocycles. The first-order valence-corrected chi connectivity index (χ1v) is 12.0. The number of nitrogens with zero attached hydrogens (tertiary/aromatic N) is 6. The molecule has 0 radical (unpaired) electrons. The van der Waals surface area contributed by atoms with Gasteiger partial charge in [0.1, 0.15) is 36.5 Å². The van der Waals surface area contributed by atoms with Crippen LogP contribution in [0.25, 0.3) is 10.4 Å². The van der Waals surface area contributed by atoms with Crippen molar-refractivity contribution in [2.24, 2.45) is 10.3 Å². The van der Waals surface area contributed by atoms with Crippen LogP contribution in [-0.2, 0) is 33.4 Å². The van der Waals surface area contributed by atoms with Crippen LogP contribution in [0.15, 0.2) is 27.4 Å². The van der Waals surface area contributed by atoms with E-state index in [1.807, 2.05) is 0 Å². The lowest BCUT2D eigenvalue weighted by atomic mass is 10.0. The molecule has 2 amide bonds. The van der Waals surface area contributed by atoms with Gasteiger partial charge in [-0.15, -0.1) is 23.1 Å². The van der Waals surface area contributed by atoms with Gasteiger partial charge in [0.2, 0.25) is 6.29 Å². The van der Waals surface area contributed by atoms with Crippen molar-refractivity contribution < 1.29 is 38.2 Å². The normalized spacial score (nSPS) is 19.5. The number of fused-ring (bicyclic) bond motifs is 1. The van der Waals surface area contributed by atoms with Crippen LogP contribution in [0.3, 0.4) is 0 Å². The summed E-state index contributed by atoms with van der Waals surface area (Å²) in [5.74, 6) is -1.82. The summed E-state index contributed by atoms with van der Waals surface area (Å²) in [5, 5.41) is 10.6. The van der Waals surface area contributed by atoms with E-state index in [0.717, 1.165) is 11.3 Å². The number of ether oxygens (including phenoxy) is 3. The van der Waals surface area contributed by atoms with Crippen molar-refractivity contribution in [3.63, 3.8) is 0 Å². The Balaban J connectivity index is 1.57. The zero-order valence-electron chi connectivity index (χ0n) is 18.9. The number of anilines is 1. The Morgan fingerprint density at radius 3 is 2.86 bits per heavy atom. The first-order chi connectivity index (χ1) is 17.3. The Kier molecular flexibility index (Phi) is 8.93. The number of nitrogen functional groups attached to an aromatic ring is 1. The van der Waals surface area contributed by atoms with E-state index in [2.05, 4.69) is 30.2 Å². The lowest BCUT2D eigenvalue weighted by Crippen LogP contribution is -2.70. The number of amides is 2. The van der Waals surface area contributed by atoms with E-state index < -0.39 is 41.6 Å². The highest BCUT2D eigenvalue weighted by Gasteiger charge is 2.53. The molecule has 1 aromatic rings. The van der Waals surface area contributed by atoms with Crippen molar-refractivity contribution in [1.82, 2.24) is 15.2 Å². The summed E-state index contributed by atoms with van der Waals surface area (Å²) in [6.07, 6.45) is -0.975. The topological polar surface area (TPSA) is 220 Å². The second kappa shape index (κ2) is 12.1. The van der Waals surface area contributed by atoms with E-state index in [1.54, 1.807) is 0 Å². The molecule has 1 fully saturated rings. The van der Waals surface area contributed by atoms with Crippen LogP contribution >= 0.6 is 23.1 Å². The zero-order chi connectivity index (χ0) is 26.2. The standard InChI is InChI=1S/C18H20N8O8S2/c1-8(34-18(30)32-5-4-21-25-20)33-16(29)10-3-6-35-15-12(14(28)26(10)15)23-13(27)11(24-31-2)9-7-36-17(19)22-9/h3,7-8,12,15H,4-6H2,1-2H3,(H2,19,22)(H,23,27)/t8?,12?,15-/m1/s1. The molecule has 1 saturated heterocycles. The van der Waals surface area contributed by atoms with E-state index in [-0.39, 0.29) is 35.4 Å². The van der Waals surface area contributed by atoms with Gasteiger partial charge in [-0.3, -0.25) is 14.5 Å². The van der Waals surface area contributed by atoms with Crippen molar-refractivity contribution in [3.8, 4) is 0 Å². The number of hydrogen-bond acceptors (Lipinski definition) is 14. The summed E-state index contributed by atoms with van der Waals surface area (Å²) in [4.78, 5) is 62.2.